The summed E-state index contributed by atoms with van der Waals surface area (Å²) >= 11 is 0. The van der Waals surface area contributed by atoms with Gasteiger partial charge >= 0.3 is 0 Å². The van der Waals surface area contributed by atoms with Crippen LogP contribution in [0.4, 0.5) is 0 Å². The molecule has 0 radical (unpaired) electrons. The van der Waals surface area contributed by atoms with Crippen molar-refractivity contribution in [3.05, 3.63) is 29.8 Å². The van der Waals surface area contributed by atoms with Gasteiger partial charge in [0.2, 0.25) is 0 Å². The molecular formula is C11H17NO. The fourth-order valence-corrected chi connectivity index (χ4v) is 1.07. The van der Waals surface area contributed by atoms with Crippen LogP contribution in [-0.4, -0.2) is 12.6 Å². The maximum Gasteiger partial charge on any atom is 0.119 e. The average molecular weight is 179 g/mol. The standard InChI is InChI=1S/C11H17NO/c1-9-4-3-5-11(8-9)13-7-6-10(2)12/h3-5,8,10H,6-7,12H2,1-2H3/t10-/m1/s1. The van der Waals surface area contributed by atoms with E-state index in [1.54, 1.807) is 0 Å². The first kappa shape index (κ1) is 10.1. The summed E-state index contributed by atoms with van der Waals surface area (Å²) in [7, 11) is 0. The first-order valence-electron chi connectivity index (χ1n) is 4.63. The van der Waals surface area contributed by atoms with E-state index >= 15 is 0 Å². The maximum atomic E-state index is 5.61. The molecule has 72 valence electrons. The minimum absolute atomic E-state index is 0.213. The number of aryl methyl sites for hydroxylation is 1. The summed E-state index contributed by atoms with van der Waals surface area (Å²) in [4.78, 5) is 0. The molecule has 2 nitrogen and oxygen atoms in total. The summed E-state index contributed by atoms with van der Waals surface area (Å²) in [6, 6.07) is 8.26. The van der Waals surface area contributed by atoms with Gasteiger partial charge in [0.05, 0.1) is 6.61 Å². The maximum absolute atomic E-state index is 5.61. The van der Waals surface area contributed by atoms with Gasteiger partial charge in [-0.1, -0.05) is 12.1 Å². The molecule has 2 N–H and O–H groups in total. The lowest BCUT2D eigenvalue weighted by atomic mass is 10.2. The second-order valence-electron chi connectivity index (χ2n) is 3.43. The molecule has 1 rings (SSSR count). The number of nitrogens with two attached hydrogens (primary N) is 1. The van der Waals surface area contributed by atoms with E-state index in [-0.39, 0.29) is 6.04 Å². The Kier molecular flexibility index (Phi) is 3.77. The van der Waals surface area contributed by atoms with Crippen LogP contribution in [0.1, 0.15) is 18.9 Å². The largest absolute Gasteiger partial charge is 0.494 e. The van der Waals surface area contributed by atoms with Crippen LogP contribution >= 0.6 is 0 Å². The fraction of sp³-hybridized carbons (Fsp3) is 0.455. The van der Waals surface area contributed by atoms with Crippen LogP contribution in [0, 0.1) is 6.92 Å². The van der Waals surface area contributed by atoms with Crippen molar-refractivity contribution < 1.29 is 4.74 Å². The van der Waals surface area contributed by atoms with E-state index in [2.05, 4.69) is 13.0 Å². The van der Waals surface area contributed by atoms with Gasteiger partial charge in [0, 0.05) is 6.04 Å². The van der Waals surface area contributed by atoms with Crippen LogP contribution in [0.15, 0.2) is 24.3 Å². The van der Waals surface area contributed by atoms with Crippen molar-refractivity contribution in [2.75, 3.05) is 6.61 Å². The minimum Gasteiger partial charge on any atom is -0.494 e. The van der Waals surface area contributed by atoms with Crippen LogP contribution in [0.2, 0.25) is 0 Å². The van der Waals surface area contributed by atoms with Crippen LogP contribution in [0.25, 0.3) is 0 Å². The van der Waals surface area contributed by atoms with Crippen LogP contribution in [0.3, 0.4) is 0 Å². The third kappa shape index (κ3) is 3.95. The van der Waals surface area contributed by atoms with E-state index in [9.17, 15) is 0 Å². The molecule has 1 aromatic carbocycles. The molecule has 0 aliphatic heterocycles. The topological polar surface area (TPSA) is 35.2 Å². The van der Waals surface area contributed by atoms with E-state index in [4.69, 9.17) is 10.5 Å². The highest BCUT2D eigenvalue weighted by Gasteiger charge is 1.96. The zero-order valence-electron chi connectivity index (χ0n) is 8.29. The van der Waals surface area contributed by atoms with Crippen molar-refractivity contribution in [3.63, 3.8) is 0 Å². The third-order valence-electron chi connectivity index (χ3n) is 1.83. The molecule has 0 spiro atoms. The lowest BCUT2D eigenvalue weighted by molar-refractivity contribution is 0.301. The monoisotopic (exact) mass is 179 g/mol. The molecule has 0 saturated heterocycles. The second kappa shape index (κ2) is 4.87. The molecule has 0 aromatic heterocycles. The van der Waals surface area contributed by atoms with E-state index in [1.165, 1.54) is 5.56 Å². The summed E-state index contributed by atoms with van der Waals surface area (Å²) in [6.07, 6.45) is 0.897. The zero-order valence-corrected chi connectivity index (χ0v) is 8.29. The van der Waals surface area contributed by atoms with Gasteiger partial charge in [-0.3, -0.25) is 0 Å². The van der Waals surface area contributed by atoms with Crippen LogP contribution in [0.5, 0.6) is 5.75 Å². The van der Waals surface area contributed by atoms with Gasteiger partial charge in [-0.05, 0) is 38.0 Å². The first-order valence-corrected chi connectivity index (χ1v) is 4.63. The number of ether oxygens (including phenoxy) is 1. The summed E-state index contributed by atoms with van der Waals surface area (Å²) in [5.74, 6) is 0.931. The molecule has 0 saturated carbocycles. The lowest BCUT2D eigenvalue weighted by Crippen LogP contribution is -2.18. The molecule has 0 aliphatic carbocycles. The molecule has 0 bridgehead atoms. The van der Waals surface area contributed by atoms with Gasteiger partial charge in [0.25, 0.3) is 0 Å². The highest BCUT2D eigenvalue weighted by atomic mass is 16.5. The second-order valence-corrected chi connectivity index (χ2v) is 3.43. The summed E-state index contributed by atoms with van der Waals surface area (Å²) < 4.78 is 5.52. The Morgan fingerprint density at radius 1 is 1.46 bits per heavy atom. The van der Waals surface area contributed by atoms with Gasteiger partial charge in [-0.15, -0.1) is 0 Å². The summed E-state index contributed by atoms with van der Waals surface area (Å²) in [6.45, 7) is 4.74. The lowest BCUT2D eigenvalue weighted by Gasteiger charge is -2.08. The van der Waals surface area contributed by atoms with Crippen molar-refractivity contribution in [2.24, 2.45) is 5.73 Å². The van der Waals surface area contributed by atoms with Gasteiger partial charge < -0.3 is 10.5 Å². The van der Waals surface area contributed by atoms with Crippen molar-refractivity contribution in [1.82, 2.24) is 0 Å². The molecule has 0 aliphatic rings. The number of hydrogen-bond donors (Lipinski definition) is 1. The number of rotatable bonds is 4. The number of hydrogen-bond acceptors (Lipinski definition) is 2. The Hall–Kier alpha value is -1.02. The zero-order chi connectivity index (χ0) is 9.68. The summed E-state index contributed by atoms with van der Waals surface area (Å²) in [5.41, 5.74) is 6.83. The van der Waals surface area contributed by atoms with E-state index in [0.717, 1.165) is 12.2 Å². The van der Waals surface area contributed by atoms with Crippen molar-refractivity contribution in [2.45, 2.75) is 26.3 Å². The van der Waals surface area contributed by atoms with Crippen molar-refractivity contribution >= 4 is 0 Å². The van der Waals surface area contributed by atoms with Crippen LogP contribution < -0.4 is 10.5 Å². The molecule has 13 heavy (non-hydrogen) atoms. The molecule has 0 unspecified atom stereocenters. The molecule has 2 heteroatoms. The molecule has 1 aromatic rings. The van der Waals surface area contributed by atoms with Gasteiger partial charge in [-0.2, -0.15) is 0 Å². The van der Waals surface area contributed by atoms with Gasteiger partial charge in [0.1, 0.15) is 5.75 Å². The van der Waals surface area contributed by atoms with Gasteiger partial charge in [-0.25, -0.2) is 0 Å². The quantitative estimate of drug-likeness (QED) is 0.768. The molecule has 0 heterocycles. The van der Waals surface area contributed by atoms with Crippen molar-refractivity contribution in [3.8, 4) is 5.75 Å². The fourth-order valence-electron chi connectivity index (χ4n) is 1.07. The molecule has 0 amide bonds. The van der Waals surface area contributed by atoms with Crippen molar-refractivity contribution in [1.29, 1.82) is 0 Å². The Morgan fingerprint density at radius 2 is 2.23 bits per heavy atom. The van der Waals surface area contributed by atoms with E-state index in [0.29, 0.717) is 6.61 Å². The Balaban J connectivity index is 2.37. The average Bonchev–Trinajstić information content (AvgIpc) is 2.03. The van der Waals surface area contributed by atoms with E-state index < -0.39 is 0 Å². The Morgan fingerprint density at radius 3 is 2.85 bits per heavy atom. The molecule has 1 atom stereocenters. The summed E-state index contributed by atoms with van der Waals surface area (Å²) in [5, 5.41) is 0. The molecular weight excluding hydrogens is 162 g/mol. The molecule has 0 fully saturated rings. The van der Waals surface area contributed by atoms with Crippen LogP contribution in [-0.2, 0) is 0 Å². The van der Waals surface area contributed by atoms with Gasteiger partial charge in [0.15, 0.2) is 0 Å². The number of benzene rings is 1. The minimum atomic E-state index is 0.213. The highest BCUT2D eigenvalue weighted by Crippen LogP contribution is 2.12. The predicted octanol–water partition coefficient (Wildman–Crippen LogP) is 2.11. The first-order chi connectivity index (χ1) is 6.18. The SMILES string of the molecule is Cc1cccc(OCC[C@@H](C)N)c1. The Bertz CT molecular complexity index is 258. The normalized spacial score (nSPS) is 12.5. The smallest absolute Gasteiger partial charge is 0.119 e. The van der Waals surface area contributed by atoms with E-state index in [1.807, 2.05) is 25.1 Å². The third-order valence-corrected chi connectivity index (χ3v) is 1.83. The predicted molar refractivity (Wildman–Crippen MR) is 54.9 cm³/mol. The highest BCUT2D eigenvalue weighted by molar-refractivity contribution is 5.27. The Labute approximate surface area is 79.7 Å².